The van der Waals surface area contributed by atoms with Gasteiger partial charge in [0.1, 0.15) is 11.2 Å². The number of aliphatic carboxylic acids is 1. The molecule has 3 rings (SSSR count). The molecule has 0 unspecified atom stereocenters. The van der Waals surface area contributed by atoms with E-state index in [2.05, 4.69) is 10.3 Å². The van der Waals surface area contributed by atoms with E-state index in [9.17, 15) is 14.7 Å². The maximum Gasteiger partial charge on any atom is 0.324 e. The Morgan fingerprint density at radius 2 is 1.66 bits per heavy atom. The Labute approximate surface area is 172 Å². The number of pyridine rings is 1. The molecule has 29 heavy (non-hydrogen) atoms. The van der Waals surface area contributed by atoms with E-state index in [0.29, 0.717) is 12.2 Å². The average Bonchev–Trinajstić information content (AvgIpc) is 3.28. The molecule has 7 heteroatoms. The molecule has 0 radical (unpaired) electrons. The Kier molecular flexibility index (Phi) is 7.75. The molecule has 1 aromatic heterocycles. The predicted octanol–water partition coefficient (Wildman–Crippen LogP) is 3.32. The van der Waals surface area contributed by atoms with Gasteiger partial charge >= 0.3 is 5.97 Å². The Bertz CT molecular complexity index is 682. The number of carbonyl (C=O) groups excluding carboxylic acids is 1. The smallest absolute Gasteiger partial charge is 0.324 e. The van der Waals surface area contributed by atoms with Gasteiger partial charge in [-0.05, 0) is 49.1 Å². The maximum absolute atomic E-state index is 12.6. The number of aromatic nitrogens is 1. The lowest BCUT2D eigenvalue weighted by Gasteiger charge is -2.44. The number of hydrogen-bond acceptors (Lipinski definition) is 6. The zero-order valence-corrected chi connectivity index (χ0v) is 17.0. The van der Waals surface area contributed by atoms with E-state index >= 15 is 0 Å². The minimum atomic E-state index is -0.877. The monoisotopic (exact) mass is 403 g/mol. The van der Waals surface area contributed by atoms with Crippen molar-refractivity contribution in [3.05, 3.63) is 29.6 Å². The summed E-state index contributed by atoms with van der Waals surface area (Å²) in [5, 5.41) is 22.5. The molecule has 1 aromatic rings. The summed E-state index contributed by atoms with van der Waals surface area (Å²) in [6.07, 6.45) is 11.3. The topological polar surface area (TPSA) is 112 Å². The van der Waals surface area contributed by atoms with Crippen LogP contribution in [0, 0.1) is 11.8 Å². The summed E-state index contributed by atoms with van der Waals surface area (Å²) in [7, 11) is 0. The molecule has 1 atom stereocenters. The molecule has 4 N–H and O–H groups in total. The minimum Gasteiger partial charge on any atom is -0.480 e. The third kappa shape index (κ3) is 5.02. The van der Waals surface area contributed by atoms with Crippen molar-refractivity contribution in [2.45, 2.75) is 76.3 Å². The van der Waals surface area contributed by atoms with Gasteiger partial charge < -0.3 is 10.3 Å². The van der Waals surface area contributed by atoms with E-state index < -0.39 is 11.5 Å². The van der Waals surface area contributed by atoms with Crippen molar-refractivity contribution >= 4 is 11.8 Å². The predicted molar refractivity (Wildman–Crippen MR) is 109 cm³/mol. The fraction of sp³-hybridized carbons (Fsp3) is 0.682. The first kappa shape index (κ1) is 21.9. The van der Waals surface area contributed by atoms with Crippen molar-refractivity contribution in [2.24, 2.45) is 11.8 Å². The van der Waals surface area contributed by atoms with Gasteiger partial charge in [-0.2, -0.15) is 0 Å². The number of Topliss-reactive ketones (excluding diaryl/α,β-unsaturated/α-hetero) is 1. The standard InChI is InChI=1S/C22H33N3O4/c26-20(12-13-25-29)19-11-10-16(14-23-19)15-24-22(21(27)28,18-8-4-5-9-18)17-6-2-1-3-7-17/h10-11,14,17-18,24-25,29H,1-9,12-13,15H2,(H,27,28)/t22-/m1/s1. The fourth-order valence-corrected chi connectivity index (χ4v) is 5.23. The third-order valence-corrected chi connectivity index (χ3v) is 6.76. The second-order valence-electron chi connectivity index (χ2n) is 8.48. The summed E-state index contributed by atoms with van der Waals surface area (Å²) < 4.78 is 0. The number of carboxylic acid groups (broad SMARTS) is 1. The molecule has 0 saturated heterocycles. The van der Waals surface area contributed by atoms with Crippen molar-refractivity contribution in [1.29, 1.82) is 0 Å². The lowest BCUT2D eigenvalue weighted by Crippen LogP contribution is -2.62. The molecule has 0 aliphatic heterocycles. The lowest BCUT2D eigenvalue weighted by molar-refractivity contribution is -0.152. The summed E-state index contributed by atoms with van der Waals surface area (Å²) in [6.45, 7) is 0.618. The van der Waals surface area contributed by atoms with Crippen LogP contribution in [-0.4, -0.2) is 39.1 Å². The lowest BCUT2D eigenvalue weighted by atomic mass is 9.67. The van der Waals surface area contributed by atoms with E-state index in [1.165, 1.54) is 6.42 Å². The normalized spacial score (nSPS) is 20.4. The first-order valence-electron chi connectivity index (χ1n) is 10.9. The number of hydrogen-bond donors (Lipinski definition) is 4. The average molecular weight is 404 g/mol. The Morgan fingerprint density at radius 1 is 1.03 bits per heavy atom. The minimum absolute atomic E-state index is 0.140. The SMILES string of the molecule is O=C(CCNO)c1ccc(CN[C@](C(=O)O)(C2CCCCC2)C2CCCC2)cn1. The van der Waals surface area contributed by atoms with Gasteiger partial charge in [0.15, 0.2) is 5.78 Å². The highest BCUT2D eigenvalue weighted by Crippen LogP contribution is 2.44. The molecular formula is C22H33N3O4. The Morgan fingerprint density at radius 3 is 2.17 bits per heavy atom. The van der Waals surface area contributed by atoms with Crippen LogP contribution in [0.4, 0.5) is 0 Å². The van der Waals surface area contributed by atoms with Gasteiger partial charge in [-0.3, -0.25) is 19.9 Å². The number of carboxylic acids is 1. The molecule has 0 aromatic carbocycles. The van der Waals surface area contributed by atoms with Crippen LogP contribution < -0.4 is 10.8 Å². The quantitative estimate of drug-likeness (QED) is 0.350. The van der Waals surface area contributed by atoms with Gasteiger partial charge in [-0.1, -0.05) is 38.2 Å². The van der Waals surface area contributed by atoms with Gasteiger partial charge in [0.25, 0.3) is 0 Å². The highest BCUT2D eigenvalue weighted by molar-refractivity contribution is 5.94. The van der Waals surface area contributed by atoms with Gasteiger partial charge in [-0.25, -0.2) is 5.48 Å². The van der Waals surface area contributed by atoms with Crippen molar-refractivity contribution in [1.82, 2.24) is 15.8 Å². The van der Waals surface area contributed by atoms with Gasteiger partial charge in [-0.15, -0.1) is 0 Å². The zero-order valence-electron chi connectivity index (χ0n) is 17.0. The van der Waals surface area contributed by atoms with Crippen LogP contribution >= 0.6 is 0 Å². The number of ketones is 1. The summed E-state index contributed by atoms with van der Waals surface area (Å²) in [5.74, 6) is -0.522. The van der Waals surface area contributed by atoms with Crippen molar-refractivity contribution < 1.29 is 19.9 Å². The summed E-state index contributed by atoms with van der Waals surface area (Å²) in [5.41, 5.74) is 2.33. The second kappa shape index (κ2) is 10.3. The molecule has 2 aliphatic rings. The Balaban J connectivity index is 1.74. The van der Waals surface area contributed by atoms with Crippen molar-refractivity contribution in [3.8, 4) is 0 Å². The van der Waals surface area contributed by atoms with Crippen LogP contribution in [0.5, 0.6) is 0 Å². The highest BCUT2D eigenvalue weighted by atomic mass is 16.5. The van der Waals surface area contributed by atoms with Gasteiger partial charge in [0.05, 0.1) is 0 Å². The van der Waals surface area contributed by atoms with Crippen LogP contribution in [0.15, 0.2) is 18.3 Å². The summed E-state index contributed by atoms with van der Waals surface area (Å²) >= 11 is 0. The maximum atomic E-state index is 12.6. The number of nitrogens with zero attached hydrogens (tertiary/aromatic N) is 1. The number of hydroxylamine groups is 1. The summed E-state index contributed by atoms with van der Waals surface area (Å²) in [4.78, 5) is 28.9. The zero-order chi connectivity index (χ0) is 20.7. The number of rotatable bonds is 10. The molecule has 2 fully saturated rings. The molecule has 1 heterocycles. The van der Waals surface area contributed by atoms with Crippen molar-refractivity contribution in [3.63, 3.8) is 0 Å². The molecule has 2 aliphatic carbocycles. The molecule has 2 saturated carbocycles. The molecular weight excluding hydrogens is 370 g/mol. The molecule has 0 bridgehead atoms. The molecule has 160 valence electrons. The molecule has 7 nitrogen and oxygen atoms in total. The van der Waals surface area contributed by atoms with Crippen LogP contribution in [0.25, 0.3) is 0 Å². The molecule has 0 amide bonds. The first-order valence-corrected chi connectivity index (χ1v) is 10.9. The second-order valence-corrected chi connectivity index (χ2v) is 8.48. The first-order chi connectivity index (χ1) is 14.1. The van der Waals surface area contributed by atoms with E-state index in [4.69, 9.17) is 5.21 Å². The van der Waals surface area contributed by atoms with E-state index in [0.717, 1.165) is 56.9 Å². The van der Waals surface area contributed by atoms with Crippen LogP contribution in [0.1, 0.15) is 80.3 Å². The molecule has 0 spiro atoms. The Hall–Kier alpha value is -1.83. The number of carbonyl (C=O) groups is 2. The van der Waals surface area contributed by atoms with Crippen LogP contribution in [-0.2, 0) is 11.3 Å². The van der Waals surface area contributed by atoms with E-state index in [-0.39, 0.29) is 30.6 Å². The summed E-state index contributed by atoms with van der Waals surface area (Å²) in [6, 6.07) is 3.51. The van der Waals surface area contributed by atoms with Crippen LogP contribution in [0.3, 0.4) is 0 Å². The van der Waals surface area contributed by atoms with Crippen LogP contribution in [0.2, 0.25) is 0 Å². The van der Waals surface area contributed by atoms with Gasteiger partial charge in [0, 0.05) is 25.7 Å². The third-order valence-electron chi connectivity index (χ3n) is 6.76. The number of nitrogens with one attached hydrogen (secondary N) is 2. The van der Waals surface area contributed by atoms with E-state index in [1.54, 1.807) is 12.3 Å². The van der Waals surface area contributed by atoms with Gasteiger partial charge in [0.2, 0.25) is 0 Å². The van der Waals surface area contributed by atoms with Crippen molar-refractivity contribution in [2.75, 3.05) is 6.54 Å². The largest absolute Gasteiger partial charge is 0.480 e. The fourth-order valence-electron chi connectivity index (χ4n) is 5.23. The van der Waals surface area contributed by atoms with E-state index in [1.807, 2.05) is 11.5 Å². The highest BCUT2D eigenvalue weighted by Gasteiger charge is 2.51.